The van der Waals surface area contributed by atoms with Gasteiger partial charge in [0.05, 0.1) is 11.5 Å². The van der Waals surface area contributed by atoms with Gasteiger partial charge in [-0.3, -0.25) is 9.59 Å². The summed E-state index contributed by atoms with van der Waals surface area (Å²) in [4.78, 5) is 29.7. The van der Waals surface area contributed by atoms with E-state index >= 15 is 0 Å². The molecule has 2 aliphatic carbocycles. The van der Waals surface area contributed by atoms with Gasteiger partial charge in [0.25, 0.3) is 5.91 Å². The van der Waals surface area contributed by atoms with E-state index in [1.165, 1.54) is 18.6 Å². The zero-order valence-electron chi connectivity index (χ0n) is 18.5. The van der Waals surface area contributed by atoms with E-state index in [1.807, 2.05) is 24.3 Å². The minimum Gasteiger partial charge on any atom is -0.351 e. The van der Waals surface area contributed by atoms with E-state index in [2.05, 4.69) is 10.2 Å². The SMILES string of the molecule is O=C(NCc1ccc(F)cc1)[C@H]1c2ccccc2C(=O)N(C2CCCCC2)C12CCCC2. The molecule has 2 aromatic rings. The van der Waals surface area contributed by atoms with Crippen LogP contribution in [0.1, 0.15) is 85.2 Å². The maximum absolute atomic E-state index is 13.8. The van der Waals surface area contributed by atoms with E-state index < -0.39 is 5.54 Å². The van der Waals surface area contributed by atoms with Gasteiger partial charge in [0.2, 0.25) is 5.91 Å². The minimum atomic E-state index is -0.444. The van der Waals surface area contributed by atoms with E-state index in [1.54, 1.807) is 12.1 Å². The first-order valence-corrected chi connectivity index (χ1v) is 12.0. The van der Waals surface area contributed by atoms with Crippen molar-refractivity contribution >= 4 is 11.8 Å². The summed E-state index contributed by atoms with van der Waals surface area (Å²) in [6, 6.07) is 14.1. The number of carbonyl (C=O) groups is 2. The van der Waals surface area contributed by atoms with Gasteiger partial charge in [0.1, 0.15) is 5.82 Å². The van der Waals surface area contributed by atoms with Gasteiger partial charge in [-0.15, -0.1) is 0 Å². The van der Waals surface area contributed by atoms with E-state index in [-0.39, 0.29) is 29.6 Å². The molecule has 2 aromatic carbocycles. The Morgan fingerprint density at radius 3 is 2.38 bits per heavy atom. The van der Waals surface area contributed by atoms with Gasteiger partial charge < -0.3 is 10.2 Å². The maximum atomic E-state index is 13.8. The van der Waals surface area contributed by atoms with Crippen molar-refractivity contribution in [3.05, 3.63) is 71.0 Å². The molecular formula is C27H31FN2O2. The number of fused-ring (bicyclic) bond motifs is 1. The number of amides is 2. The molecule has 2 saturated carbocycles. The number of halogens is 1. The molecule has 4 nitrogen and oxygen atoms in total. The molecule has 0 bridgehead atoms. The molecule has 1 N–H and O–H groups in total. The fraction of sp³-hybridized carbons (Fsp3) is 0.481. The smallest absolute Gasteiger partial charge is 0.254 e. The number of nitrogens with zero attached hydrogens (tertiary/aromatic N) is 1. The topological polar surface area (TPSA) is 49.4 Å². The Bertz CT molecular complexity index is 991. The van der Waals surface area contributed by atoms with Gasteiger partial charge in [-0.25, -0.2) is 4.39 Å². The molecule has 1 spiro atoms. The van der Waals surface area contributed by atoms with E-state index in [0.717, 1.165) is 62.5 Å². The summed E-state index contributed by atoms with van der Waals surface area (Å²) >= 11 is 0. The Kier molecular flexibility index (Phi) is 5.75. The van der Waals surface area contributed by atoms with Gasteiger partial charge >= 0.3 is 0 Å². The first-order valence-electron chi connectivity index (χ1n) is 12.0. The summed E-state index contributed by atoms with van der Waals surface area (Å²) in [5, 5.41) is 3.12. The molecule has 2 amide bonds. The monoisotopic (exact) mass is 434 g/mol. The number of hydrogen-bond acceptors (Lipinski definition) is 2. The van der Waals surface area contributed by atoms with Crippen molar-refractivity contribution in [1.82, 2.24) is 10.2 Å². The summed E-state index contributed by atoms with van der Waals surface area (Å²) in [6.07, 6.45) is 9.40. The maximum Gasteiger partial charge on any atom is 0.254 e. The zero-order chi connectivity index (χ0) is 22.1. The van der Waals surface area contributed by atoms with Crippen LogP contribution >= 0.6 is 0 Å². The number of benzene rings is 2. The fourth-order valence-electron chi connectivity index (χ4n) is 6.37. The van der Waals surface area contributed by atoms with Gasteiger partial charge in [-0.2, -0.15) is 0 Å². The molecule has 168 valence electrons. The summed E-state index contributed by atoms with van der Waals surface area (Å²) in [5.74, 6) is -0.580. The molecule has 3 aliphatic rings. The van der Waals surface area contributed by atoms with Crippen LogP contribution in [0.15, 0.2) is 48.5 Å². The third-order valence-corrected chi connectivity index (χ3v) is 7.79. The van der Waals surface area contributed by atoms with Crippen LogP contribution in [0, 0.1) is 5.82 Å². The van der Waals surface area contributed by atoms with Crippen LogP contribution in [-0.2, 0) is 11.3 Å². The second-order valence-corrected chi connectivity index (χ2v) is 9.64. The molecule has 0 radical (unpaired) electrons. The van der Waals surface area contributed by atoms with E-state index in [4.69, 9.17) is 0 Å². The highest BCUT2D eigenvalue weighted by atomic mass is 19.1. The zero-order valence-corrected chi connectivity index (χ0v) is 18.5. The first kappa shape index (κ1) is 21.2. The highest BCUT2D eigenvalue weighted by molar-refractivity contribution is 6.02. The third kappa shape index (κ3) is 3.62. The van der Waals surface area contributed by atoms with E-state index in [0.29, 0.717) is 12.1 Å². The highest BCUT2D eigenvalue weighted by Crippen LogP contribution is 2.52. The molecule has 32 heavy (non-hydrogen) atoms. The molecule has 0 saturated heterocycles. The van der Waals surface area contributed by atoms with Crippen LogP contribution in [0.2, 0.25) is 0 Å². The largest absolute Gasteiger partial charge is 0.351 e. The Labute approximate surface area is 189 Å². The standard InChI is InChI=1S/C27H31FN2O2/c28-20-14-12-19(13-15-20)18-29-25(31)24-22-10-4-5-11-23(22)26(32)30(21-8-2-1-3-9-21)27(24)16-6-7-17-27/h4-5,10-15,21,24H,1-3,6-9,16-18H2,(H,29,31)/t24-/m1/s1. The first-order chi connectivity index (χ1) is 15.6. The Hall–Kier alpha value is -2.69. The van der Waals surface area contributed by atoms with Crippen molar-refractivity contribution in [2.75, 3.05) is 0 Å². The van der Waals surface area contributed by atoms with Crippen LogP contribution < -0.4 is 5.32 Å². The van der Waals surface area contributed by atoms with Crippen LogP contribution in [0.25, 0.3) is 0 Å². The van der Waals surface area contributed by atoms with Crippen LogP contribution in [0.5, 0.6) is 0 Å². The van der Waals surface area contributed by atoms with Crippen molar-refractivity contribution in [2.24, 2.45) is 0 Å². The van der Waals surface area contributed by atoms with Crippen molar-refractivity contribution in [3.63, 3.8) is 0 Å². The molecule has 0 aromatic heterocycles. The van der Waals surface area contributed by atoms with Gasteiger partial charge in [0, 0.05) is 18.2 Å². The lowest BCUT2D eigenvalue weighted by Gasteiger charge is -2.54. The lowest BCUT2D eigenvalue weighted by molar-refractivity contribution is -0.127. The Morgan fingerprint density at radius 2 is 1.66 bits per heavy atom. The second kappa shape index (κ2) is 8.68. The molecule has 5 heteroatoms. The third-order valence-electron chi connectivity index (χ3n) is 7.79. The van der Waals surface area contributed by atoms with Gasteiger partial charge in [-0.1, -0.05) is 62.4 Å². The molecular weight excluding hydrogens is 403 g/mol. The predicted molar refractivity (Wildman–Crippen MR) is 122 cm³/mol. The number of carbonyl (C=O) groups excluding carboxylic acids is 2. The Balaban J connectivity index is 1.52. The van der Waals surface area contributed by atoms with Crippen molar-refractivity contribution in [3.8, 4) is 0 Å². The average Bonchev–Trinajstić information content (AvgIpc) is 3.29. The van der Waals surface area contributed by atoms with Crippen LogP contribution in [0.4, 0.5) is 4.39 Å². The predicted octanol–water partition coefficient (Wildman–Crippen LogP) is 5.33. The molecule has 5 rings (SSSR count). The molecule has 1 atom stereocenters. The second-order valence-electron chi connectivity index (χ2n) is 9.64. The van der Waals surface area contributed by atoms with Crippen molar-refractivity contribution in [1.29, 1.82) is 0 Å². The number of nitrogens with one attached hydrogen (secondary N) is 1. The number of hydrogen-bond donors (Lipinski definition) is 1. The van der Waals surface area contributed by atoms with Crippen LogP contribution in [-0.4, -0.2) is 28.3 Å². The Morgan fingerprint density at radius 1 is 0.969 bits per heavy atom. The summed E-state index contributed by atoms with van der Waals surface area (Å²) in [7, 11) is 0. The molecule has 2 fully saturated rings. The summed E-state index contributed by atoms with van der Waals surface area (Å²) < 4.78 is 13.3. The summed E-state index contributed by atoms with van der Waals surface area (Å²) in [6.45, 7) is 0.352. The quantitative estimate of drug-likeness (QED) is 0.707. The van der Waals surface area contributed by atoms with Gasteiger partial charge in [-0.05, 0) is 55.0 Å². The minimum absolute atomic E-state index is 0.0306. The van der Waals surface area contributed by atoms with Gasteiger partial charge in [0.15, 0.2) is 0 Å². The van der Waals surface area contributed by atoms with Crippen LogP contribution in [0.3, 0.4) is 0 Å². The lowest BCUT2D eigenvalue weighted by atomic mass is 9.69. The average molecular weight is 435 g/mol. The lowest BCUT2D eigenvalue weighted by Crippen LogP contribution is -2.63. The molecule has 1 aliphatic heterocycles. The number of rotatable bonds is 4. The van der Waals surface area contributed by atoms with Crippen molar-refractivity contribution in [2.45, 2.75) is 81.8 Å². The molecule has 0 unspecified atom stereocenters. The normalized spacial score (nSPS) is 22.7. The molecule has 1 heterocycles. The highest BCUT2D eigenvalue weighted by Gasteiger charge is 2.57. The van der Waals surface area contributed by atoms with E-state index in [9.17, 15) is 14.0 Å². The summed E-state index contributed by atoms with van der Waals surface area (Å²) in [5.41, 5.74) is 1.96. The van der Waals surface area contributed by atoms with Crippen molar-refractivity contribution < 1.29 is 14.0 Å². The fourth-order valence-corrected chi connectivity index (χ4v) is 6.37.